The van der Waals surface area contributed by atoms with Crippen LogP contribution in [-0.2, 0) is 23.5 Å². The van der Waals surface area contributed by atoms with Crippen molar-refractivity contribution >= 4 is 7.60 Å². The third-order valence-electron chi connectivity index (χ3n) is 5.90. The first-order valence-electron chi connectivity index (χ1n) is 9.37. The molecule has 13 heteroatoms. The molecule has 0 rings (SSSR count). The van der Waals surface area contributed by atoms with Crippen molar-refractivity contribution in [3.63, 3.8) is 0 Å². The van der Waals surface area contributed by atoms with E-state index >= 15 is 8.78 Å². The molecule has 0 aromatic rings. The average molecular weight is 473 g/mol. The maximum Gasteiger partial charge on any atom is 0.414 e. The molecule has 4 atom stereocenters. The normalized spacial score (nSPS) is 20.9. The van der Waals surface area contributed by atoms with Crippen molar-refractivity contribution in [3.8, 4) is 0 Å². The lowest BCUT2D eigenvalue weighted by Crippen LogP contribution is -2.66. The number of halogens is 5. The quantitative estimate of drug-likeness (QED) is 0.151. The minimum atomic E-state index is -5.03. The summed E-state index contributed by atoms with van der Waals surface area (Å²) in [6.45, 7) is 4.59. The van der Waals surface area contributed by atoms with Crippen LogP contribution in [0.2, 0.25) is 0 Å². The fraction of sp³-hybridized carbons (Fsp3) is 1.00. The fourth-order valence-corrected chi connectivity index (χ4v) is 3.92. The van der Waals surface area contributed by atoms with Crippen molar-refractivity contribution in [1.29, 1.82) is 0 Å². The molecule has 0 bridgehead atoms. The van der Waals surface area contributed by atoms with E-state index in [-0.39, 0.29) is 0 Å². The average Bonchev–Trinajstić information content (AvgIpc) is 2.67. The van der Waals surface area contributed by atoms with Crippen molar-refractivity contribution in [2.24, 2.45) is 17.1 Å². The highest BCUT2D eigenvalue weighted by molar-refractivity contribution is 7.55. The van der Waals surface area contributed by atoms with Gasteiger partial charge in [-0.1, -0.05) is 20.8 Å². The Labute approximate surface area is 173 Å². The van der Waals surface area contributed by atoms with Crippen molar-refractivity contribution < 1.29 is 50.7 Å². The van der Waals surface area contributed by atoms with Gasteiger partial charge in [-0.15, -0.1) is 9.35 Å². The largest absolute Gasteiger partial charge is 0.414 e. The van der Waals surface area contributed by atoms with Gasteiger partial charge in [-0.2, -0.15) is 17.6 Å². The minimum absolute atomic E-state index is 0.416. The molecule has 0 saturated heterocycles. The zero-order valence-electron chi connectivity index (χ0n) is 18.3. The molecule has 3 N–H and O–H groups in total. The molecule has 0 saturated carbocycles. The van der Waals surface area contributed by atoms with Crippen LogP contribution >= 0.6 is 7.60 Å². The summed E-state index contributed by atoms with van der Waals surface area (Å²) in [5.74, 6) is -11.2. The van der Waals surface area contributed by atoms with Crippen molar-refractivity contribution in [3.05, 3.63) is 0 Å². The minimum Gasteiger partial charge on any atom is -0.362 e. The number of nitrogens with two attached hydrogens (primary N) is 1. The second kappa shape index (κ2) is 10.1. The van der Waals surface area contributed by atoms with Gasteiger partial charge in [0.05, 0.1) is 19.1 Å². The Morgan fingerprint density at radius 2 is 1.53 bits per heavy atom. The molecular formula is C17H33F5NO6P. The Bertz CT molecular complexity index is 601. The predicted molar refractivity (Wildman–Crippen MR) is 100 cm³/mol. The SMILES string of the molecule is CCC(C)(F)C(F)(F)C(F)(F)C(CC)(CN)C(C)COC(C)(C)P(=O)(OO)OOC. The molecule has 30 heavy (non-hydrogen) atoms. The van der Waals surface area contributed by atoms with Crippen LogP contribution in [0.1, 0.15) is 54.4 Å². The smallest absolute Gasteiger partial charge is 0.362 e. The first-order valence-corrected chi connectivity index (χ1v) is 10.9. The monoisotopic (exact) mass is 473 g/mol. The van der Waals surface area contributed by atoms with Crippen molar-refractivity contribution in [1.82, 2.24) is 0 Å². The Kier molecular flexibility index (Phi) is 9.94. The first kappa shape index (κ1) is 29.6. The Balaban J connectivity index is 6.04. The summed E-state index contributed by atoms with van der Waals surface area (Å²) in [7, 11) is -3.47. The maximum absolute atomic E-state index is 15.2. The molecule has 182 valence electrons. The molecule has 0 aliphatic heterocycles. The molecule has 4 unspecified atom stereocenters. The summed E-state index contributed by atoms with van der Waals surface area (Å²) < 4.78 is 100. The van der Waals surface area contributed by atoms with Crippen LogP contribution in [-0.4, -0.2) is 48.4 Å². The summed E-state index contributed by atoms with van der Waals surface area (Å²) in [5, 5.41) is 6.97. The van der Waals surface area contributed by atoms with Gasteiger partial charge in [0.1, 0.15) is 0 Å². The number of hydrogen-bond acceptors (Lipinski definition) is 7. The molecule has 0 aliphatic carbocycles. The lowest BCUT2D eigenvalue weighted by Gasteiger charge is -2.49. The molecule has 0 aromatic carbocycles. The van der Waals surface area contributed by atoms with Crippen LogP contribution in [0.3, 0.4) is 0 Å². The van der Waals surface area contributed by atoms with E-state index in [1.165, 1.54) is 13.8 Å². The molecule has 0 spiro atoms. The van der Waals surface area contributed by atoms with Crippen molar-refractivity contribution in [2.45, 2.75) is 77.2 Å². The van der Waals surface area contributed by atoms with Gasteiger partial charge in [-0.25, -0.2) is 14.5 Å². The summed E-state index contributed by atoms with van der Waals surface area (Å²) in [4.78, 5) is 4.24. The maximum atomic E-state index is 15.2. The van der Waals surface area contributed by atoms with Gasteiger partial charge in [-0.3, -0.25) is 4.57 Å². The van der Waals surface area contributed by atoms with Crippen LogP contribution in [0, 0.1) is 11.3 Å². The topological polar surface area (TPSA) is 100 Å². The number of hydrogen-bond donors (Lipinski definition) is 2. The highest BCUT2D eigenvalue weighted by Gasteiger charge is 2.75. The summed E-state index contributed by atoms with van der Waals surface area (Å²) in [5.41, 5.74) is -0.525. The van der Waals surface area contributed by atoms with Gasteiger partial charge in [0, 0.05) is 6.54 Å². The van der Waals surface area contributed by atoms with E-state index in [9.17, 15) is 17.7 Å². The van der Waals surface area contributed by atoms with E-state index in [4.69, 9.17) is 15.7 Å². The van der Waals surface area contributed by atoms with Crippen LogP contribution in [0.15, 0.2) is 0 Å². The molecular weight excluding hydrogens is 440 g/mol. The Morgan fingerprint density at radius 3 is 1.87 bits per heavy atom. The standard InChI is InChI=1S/C17H33F5NO6P/c1-8-14(6,18)16(19,20)17(21,22)15(9-2,11-23)12(3)10-27-13(4,5)30(25,28-24)29-26-7/h12,24H,8-11,23H2,1-7H3. The second-order valence-corrected chi connectivity index (χ2v) is 10.3. The van der Waals surface area contributed by atoms with Gasteiger partial charge in [0.25, 0.3) is 0 Å². The zero-order chi connectivity index (χ0) is 24.2. The molecule has 0 fully saturated rings. The zero-order valence-corrected chi connectivity index (χ0v) is 19.2. The lowest BCUT2D eigenvalue weighted by atomic mass is 9.65. The Hall–Kier alpha value is -0.360. The van der Waals surface area contributed by atoms with E-state index in [0.29, 0.717) is 6.92 Å². The number of alkyl halides is 5. The molecule has 0 aliphatic rings. The van der Waals surface area contributed by atoms with Gasteiger partial charge in [0.15, 0.2) is 11.0 Å². The first-order chi connectivity index (χ1) is 13.4. The fourth-order valence-electron chi connectivity index (χ4n) is 3.08. The van der Waals surface area contributed by atoms with E-state index < -0.39 is 67.8 Å². The molecule has 0 aromatic heterocycles. The number of ether oxygens (including phenoxy) is 1. The highest BCUT2D eigenvalue weighted by atomic mass is 31.2. The number of rotatable bonds is 14. The lowest BCUT2D eigenvalue weighted by molar-refractivity contribution is -0.322. The summed E-state index contributed by atoms with van der Waals surface area (Å²) in [6.07, 6.45) is -1.37. The van der Waals surface area contributed by atoms with Gasteiger partial charge in [0.2, 0.25) is 0 Å². The highest BCUT2D eigenvalue weighted by Crippen LogP contribution is 2.61. The predicted octanol–water partition coefficient (Wildman–Crippen LogP) is 5.40. The second-order valence-electron chi connectivity index (χ2n) is 7.89. The third-order valence-corrected chi connectivity index (χ3v) is 7.91. The Morgan fingerprint density at radius 1 is 1.03 bits per heavy atom. The molecule has 0 heterocycles. The van der Waals surface area contributed by atoms with E-state index in [0.717, 1.165) is 27.9 Å². The summed E-state index contributed by atoms with van der Waals surface area (Å²) >= 11 is 0. The van der Waals surface area contributed by atoms with Crippen LogP contribution < -0.4 is 5.73 Å². The van der Waals surface area contributed by atoms with Gasteiger partial charge in [-0.05, 0) is 39.5 Å². The van der Waals surface area contributed by atoms with Crippen LogP contribution in [0.4, 0.5) is 22.0 Å². The summed E-state index contributed by atoms with van der Waals surface area (Å²) in [6, 6.07) is 0. The molecule has 0 radical (unpaired) electrons. The molecule has 0 amide bonds. The molecule has 7 nitrogen and oxygen atoms in total. The van der Waals surface area contributed by atoms with E-state index in [1.54, 1.807) is 0 Å². The van der Waals surface area contributed by atoms with Crippen LogP contribution in [0.5, 0.6) is 0 Å². The van der Waals surface area contributed by atoms with Crippen molar-refractivity contribution in [2.75, 3.05) is 20.3 Å². The van der Waals surface area contributed by atoms with E-state index in [2.05, 4.69) is 14.2 Å². The third kappa shape index (κ3) is 4.84. The van der Waals surface area contributed by atoms with E-state index in [1.807, 2.05) is 0 Å². The van der Waals surface area contributed by atoms with Gasteiger partial charge < -0.3 is 10.5 Å². The van der Waals surface area contributed by atoms with Gasteiger partial charge >= 0.3 is 19.4 Å². The van der Waals surface area contributed by atoms with Crippen LogP contribution in [0.25, 0.3) is 0 Å².